The summed E-state index contributed by atoms with van der Waals surface area (Å²) < 4.78 is 28.3. The topological polar surface area (TPSA) is 51.2 Å². The summed E-state index contributed by atoms with van der Waals surface area (Å²) >= 11 is 0. The highest BCUT2D eigenvalue weighted by molar-refractivity contribution is 5.68. The number of allylic oxidation sites excluding steroid dienone is 2. The number of alkyl halides is 1. The maximum Gasteiger partial charge on any atom is 0.410 e. The Balaban J connectivity index is 0.000000346. The number of amides is 1. The van der Waals surface area contributed by atoms with Crippen LogP contribution in [0.4, 0.5) is 9.18 Å². The van der Waals surface area contributed by atoms with Crippen molar-refractivity contribution in [1.29, 1.82) is 0 Å². The van der Waals surface area contributed by atoms with Crippen molar-refractivity contribution < 1.29 is 23.4 Å². The molecule has 7 heteroatoms. The summed E-state index contributed by atoms with van der Waals surface area (Å²) in [4.78, 5) is 16.4. The lowest BCUT2D eigenvalue weighted by molar-refractivity contribution is -0.173. The van der Waals surface area contributed by atoms with Gasteiger partial charge in [-0.05, 0) is 82.6 Å². The van der Waals surface area contributed by atoms with E-state index in [2.05, 4.69) is 31.4 Å². The van der Waals surface area contributed by atoms with Crippen LogP contribution in [0.2, 0.25) is 0 Å². The van der Waals surface area contributed by atoms with E-state index < -0.39 is 11.6 Å². The third-order valence-electron chi connectivity index (χ3n) is 7.68. The highest BCUT2D eigenvalue weighted by Crippen LogP contribution is 2.40. The van der Waals surface area contributed by atoms with Crippen LogP contribution in [0, 0.1) is 18.8 Å². The molecule has 2 heterocycles. The van der Waals surface area contributed by atoms with Crippen LogP contribution >= 0.6 is 0 Å². The van der Waals surface area contributed by atoms with Gasteiger partial charge in [0.1, 0.15) is 5.60 Å². The zero-order chi connectivity index (χ0) is 30.8. The highest BCUT2D eigenvalue weighted by atomic mass is 19.2. The van der Waals surface area contributed by atoms with Gasteiger partial charge in [0.05, 0.1) is 0 Å². The number of fused-ring (bicyclic) bond motifs is 1. The first-order valence-corrected chi connectivity index (χ1v) is 15.6. The molecule has 1 aromatic rings. The predicted molar refractivity (Wildman–Crippen MR) is 166 cm³/mol. The summed E-state index contributed by atoms with van der Waals surface area (Å²) in [5, 5.41) is 0. The molecule has 2 aliphatic heterocycles. The Morgan fingerprint density at radius 3 is 2.17 bits per heavy atom. The molecule has 1 amide bonds. The monoisotopic (exact) mass is 574 g/mol. The van der Waals surface area contributed by atoms with E-state index in [-0.39, 0.29) is 6.09 Å². The van der Waals surface area contributed by atoms with E-state index in [1.54, 1.807) is 17.7 Å². The van der Waals surface area contributed by atoms with Crippen LogP contribution < -0.4 is 9.47 Å². The second kappa shape index (κ2) is 15.5. The minimum absolute atomic E-state index is 0.202. The Hall–Kier alpha value is -2.70. The number of nitrogens with zero attached hydrogens (tertiary/aromatic N) is 2. The minimum atomic E-state index is -2.00. The van der Waals surface area contributed by atoms with Crippen molar-refractivity contribution in [2.24, 2.45) is 11.8 Å². The van der Waals surface area contributed by atoms with Crippen LogP contribution in [-0.4, -0.2) is 53.7 Å². The van der Waals surface area contributed by atoms with Crippen molar-refractivity contribution in [2.45, 2.75) is 112 Å². The second-order valence-electron chi connectivity index (χ2n) is 12.2. The second-order valence-corrected chi connectivity index (χ2v) is 12.2. The quantitative estimate of drug-likeness (QED) is 0.304. The molecule has 0 aromatic heterocycles. The van der Waals surface area contributed by atoms with Crippen molar-refractivity contribution in [1.82, 2.24) is 9.80 Å². The van der Waals surface area contributed by atoms with E-state index in [4.69, 9.17) is 14.2 Å². The molecule has 0 radical (unpaired) electrons. The average Bonchev–Trinajstić information content (AvgIpc) is 3.19. The highest BCUT2D eigenvalue weighted by Gasteiger charge is 2.36. The number of hydrogen-bond acceptors (Lipinski definition) is 5. The first kappa shape index (κ1) is 34.5. The lowest BCUT2D eigenvalue weighted by atomic mass is 9.75. The third kappa shape index (κ3) is 10.9. The summed E-state index contributed by atoms with van der Waals surface area (Å²) in [5.41, 5.74) is 3.31. The van der Waals surface area contributed by atoms with Crippen molar-refractivity contribution >= 4 is 6.09 Å². The molecule has 1 aromatic carbocycles. The first-order chi connectivity index (χ1) is 19.3. The van der Waals surface area contributed by atoms with Crippen molar-refractivity contribution in [2.75, 3.05) is 26.2 Å². The molecule has 0 N–H and O–H groups in total. The van der Waals surface area contributed by atoms with Gasteiger partial charge in [-0.2, -0.15) is 4.39 Å². The Kier molecular flexibility index (Phi) is 13.0. The van der Waals surface area contributed by atoms with Gasteiger partial charge in [0, 0.05) is 38.8 Å². The first-order valence-electron chi connectivity index (χ1n) is 15.6. The van der Waals surface area contributed by atoms with Gasteiger partial charge in [-0.3, -0.25) is 0 Å². The van der Waals surface area contributed by atoms with E-state index in [9.17, 15) is 9.18 Å². The number of rotatable bonds is 7. The fraction of sp³-hybridized carbons (Fsp3) is 0.676. The molecular formula is C34H55FN2O4. The number of hydrogen-bond donors (Lipinski definition) is 0. The SMILES string of the molecule is C=C(/C=C(\CC(CC)CC)C1CCC1)N1CCN(C(=O)OC(C)(C)C)CC1.CC.Cc1ccc2c(c1)OC(C)(F)O2. The molecule has 1 unspecified atom stereocenters. The van der Waals surface area contributed by atoms with Gasteiger partial charge in [0.25, 0.3) is 0 Å². The molecule has 6 nitrogen and oxygen atoms in total. The molecule has 1 saturated heterocycles. The van der Waals surface area contributed by atoms with Gasteiger partial charge in [0.15, 0.2) is 11.5 Å². The number of benzene rings is 1. The van der Waals surface area contributed by atoms with Crippen LogP contribution in [0.25, 0.3) is 0 Å². The molecular weight excluding hydrogens is 519 g/mol. The molecule has 2 fully saturated rings. The Morgan fingerprint density at radius 2 is 1.66 bits per heavy atom. The zero-order valence-corrected chi connectivity index (χ0v) is 27.1. The number of ether oxygens (including phenoxy) is 3. The standard InChI is InChI=1S/C23H40N2O2.C9H9FO2.C2H6/c1-7-19(8-2)17-21(20-10-9-11-20)16-18(3)24-12-14-25(15-13-24)22(26)27-23(4,5)6;1-6-3-4-7-8(5-6)12-9(2,10)11-7;1-2/h16,19-20H,3,7-15,17H2,1-2,4-6H3;3-5H,1-2H3;1-2H3/b21-16+;;. The van der Waals surface area contributed by atoms with E-state index in [0.29, 0.717) is 24.6 Å². The lowest BCUT2D eigenvalue weighted by Crippen LogP contribution is -2.49. The number of halogens is 1. The summed E-state index contributed by atoms with van der Waals surface area (Å²) in [6, 6.07) is 3.30. The van der Waals surface area contributed by atoms with Gasteiger partial charge >= 0.3 is 12.1 Å². The third-order valence-corrected chi connectivity index (χ3v) is 7.68. The fourth-order valence-electron chi connectivity index (χ4n) is 5.03. The maximum absolute atomic E-state index is 13.1. The molecule has 41 heavy (non-hydrogen) atoms. The Labute approximate surface area is 248 Å². The van der Waals surface area contributed by atoms with Crippen molar-refractivity contribution in [3.05, 3.63) is 47.7 Å². The van der Waals surface area contributed by atoms with E-state index in [0.717, 1.165) is 36.2 Å². The predicted octanol–water partition coefficient (Wildman–Crippen LogP) is 9.04. The summed E-state index contributed by atoms with van der Waals surface area (Å²) in [6.07, 6.45) is 9.93. The molecule has 1 saturated carbocycles. The number of piperazine rings is 1. The lowest BCUT2D eigenvalue weighted by Gasteiger charge is -2.38. The van der Waals surface area contributed by atoms with Crippen molar-refractivity contribution in [3.63, 3.8) is 0 Å². The Bertz CT molecular complexity index is 1010. The molecule has 4 rings (SSSR count). The van der Waals surface area contributed by atoms with Crippen LogP contribution in [0.5, 0.6) is 11.5 Å². The van der Waals surface area contributed by atoms with Gasteiger partial charge in [0.2, 0.25) is 0 Å². The van der Waals surface area contributed by atoms with Crippen LogP contribution in [0.3, 0.4) is 0 Å². The fourth-order valence-corrected chi connectivity index (χ4v) is 5.03. The van der Waals surface area contributed by atoms with Gasteiger partial charge < -0.3 is 24.0 Å². The Morgan fingerprint density at radius 1 is 1.10 bits per heavy atom. The normalized spacial score (nSPS) is 20.4. The van der Waals surface area contributed by atoms with Gasteiger partial charge in [-0.15, -0.1) is 0 Å². The summed E-state index contributed by atoms with van der Waals surface area (Å²) in [6.45, 7) is 24.9. The summed E-state index contributed by atoms with van der Waals surface area (Å²) in [7, 11) is 0. The molecule has 0 bridgehead atoms. The average molecular weight is 575 g/mol. The van der Waals surface area contributed by atoms with Crippen LogP contribution in [-0.2, 0) is 4.74 Å². The minimum Gasteiger partial charge on any atom is -0.444 e. The van der Waals surface area contributed by atoms with Gasteiger partial charge in [-0.25, -0.2) is 4.79 Å². The largest absolute Gasteiger partial charge is 0.444 e. The smallest absolute Gasteiger partial charge is 0.410 e. The maximum atomic E-state index is 13.1. The summed E-state index contributed by atoms with van der Waals surface area (Å²) in [5.74, 6) is 2.49. The molecule has 3 aliphatic rings. The molecule has 1 atom stereocenters. The number of carbonyl (C=O) groups excluding carboxylic acids is 1. The number of aryl methyl sites for hydroxylation is 1. The van der Waals surface area contributed by atoms with Crippen molar-refractivity contribution in [3.8, 4) is 11.5 Å². The molecule has 0 spiro atoms. The van der Waals surface area contributed by atoms with Gasteiger partial charge in [-0.1, -0.05) is 65.2 Å². The van der Waals surface area contributed by atoms with E-state index in [1.165, 1.54) is 45.4 Å². The van der Waals surface area contributed by atoms with E-state index >= 15 is 0 Å². The number of carbonyl (C=O) groups is 1. The molecule has 232 valence electrons. The van der Waals surface area contributed by atoms with Crippen LogP contribution in [0.1, 0.15) is 99.5 Å². The zero-order valence-electron chi connectivity index (χ0n) is 27.1. The van der Waals surface area contributed by atoms with Crippen LogP contribution in [0.15, 0.2) is 42.1 Å². The molecule has 1 aliphatic carbocycles. The van der Waals surface area contributed by atoms with E-state index in [1.807, 2.05) is 52.5 Å².